The summed E-state index contributed by atoms with van der Waals surface area (Å²) >= 11 is 0. The Morgan fingerprint density at radius 1 is 0.842 bits per heavy atom. The maximum Gasteiger partial charge on any atom is 0.185 e. The fourth-order valence-corrected chi connectivity index (χ4v) is 1.70. The molecular weight excluding hydrogens is 258 g/mol. The molecule has 0 saturated carbocycles. The van der Waals surface area contributed by atoms with E-state index in [2.05, 4.69) is 5.32 Å². The van der Waals surface area contributed by atoms with Gasteiger partial charge in [-0.3, -0.25) is 0 Å². The van der Waals surface area contributed by atoms with Crippen molar-refractivity contribution in [1.82, 2.24) is 0 Å². The van der Waals surface area contributed by atoms with Crippen LogP contribution in [0.2, 0.25) is 0 Å². The summed E-state index contributed by atoms with van der Waals surface area (Å²) in [7, 11) is 0. The second-order valence-electron chi connectivity index (χ2n) is 4.01. The lowest BCUT2D eigenvalue weighted by Crippen LogP contribution is -2.10. The highest BCUT2D eigenvalue weighted by Crippen LogP contribution is 2.23. The molecule has 2 aromatic carbocycles. The van der Waals surface area contributed by atoms with E-state index in [4.69, 9.17) is 0 Å². The van der Waals surface area contributed by atoms with E-state index in [0.29, 0.717) is 6.42 Å². The van der Waals surface area contributed by atoms with E-state index >= 15 is 0 Å². The zero-order valence-corrected chi connectivity index (χ0v) is 9.89. The molecule has 0 spiro atoms. The number of anilines is 1. The number of rotatable bonds is 4. The van der Waals surface area contributed by atoms with Crippen molar-refractivity contribution in [1.29, 1.82) is 0 Å². The molecule has 0 saturated heterocycles. The number of benzene rings is 2. The van der Waals surface area contributed by atoms with Gasteiger partial charge >= 0.3 is 0 Å². The highest BCUT2D eigenvalue weighted by Gasteiger charge is 2.18. The summed E-state index contributed by atoms with van der Waals surface area (Å²) in [4.78, 5) is 0. The van der Waals surface area contributed by atoms with E-state index in [-0.39, 0.29) is 12.6 Å². The Labute approximate surface area is 107 Å². The summed E-state index contributed by atoms with van der Waals surface area (Å²) in [5.74, 6) is -5.65. The average Bonchev–Trinajstić information content (AvgIpc) is 2.42. The first kappa shape index (κ1) is 13.4. The van der Waals surface area contributed by atoms with Gasteiger partial charge in [-0.2, -0.15) is 0 Å². The molecular formula is C14H11F4N. The molecule has 0 aliphatic heterocycles. The molecule has 1 nitrogen and oxygen atoms in total. The summed E-state index contributed by atoms with van der Waals surface area (Å²) in [6, 6.07) is 9.39. The van der Waals surface area contributed by atoms with Gasteiger partial charge in [0.05, 0.1) is 0 Å². The molecule has 0 aliphatic carbocycles. The molecule has 0 fully saturated rings. The maximum atomic E-state index is 13.3. The van der Waals surface area contributed by atoms with Crippen LogP contribution in [0.5, 0.6) is 0 Å². The first-order valence-corrected chi connectivity index (χ1v) is 5.70. The van der Waals surface area contributed by atoms with Gasteiger partial charge in [0, 0.05) is 12.6 Å². The van der Waals surface area contributed by atoms with Crippen LogP contribution in [0.1, 0.15) is 5.56 Å². The molecule has 0 amide bonds. The van der Waals surface area contributed by atoms with Crippen LogP contribution in [0.15, 0.2) is 36.4 Å². The predicted octanol–water partition coefficient (Wildman–Crippen LogP) is 3.90. The van der Waals surface area contributed by atoms with Gasteiger partial charge < -0.3 is 5.32 Å². The van der Waals surface area contributed by atoms with Gasteiger partial charge in [0.15, 0.2) is 23.3 Å². The molecule has 0 atom stereocenters. The normalized spacial score (nSPS) is 10.5. The number of hydrogen-bond donors (Lipinski definition) is 1. The van der Waals surface area contributed by atoms with Gasteiger partial charge in [0.25, 0.3) is 0 Å². The third kappa shape index (κ3) is 3.05. The van der Waals surface area contributed by atoms with Crippen molar-refractivity contribution in [3.05, 3.63) is 65.2 Å². The van der Waals surface area contributed by atoms with E-state index in [1.807, 2.05) is 30.3 Å². The summed E-state index contributed by atoms with van der Waals surface area (Å²) in [6.45, 7) is 0.167. The third-order valence-electron chi connectivity index (χ3n) is 2.67. The Kier molecular flexibility index (Phi) is 4.04. The molecule has 0 heterocycles. The minimum Gasteiger partial charge on any atom is -0.380 e. The number of hydrogen-bond acceptors (Lipinski definition) is 1. The topological polar surface area (TPSA) is 12.0 Å². The Bertz CT molecular complexity index is 543. The highest BCUT2D eigenvalue weighted by molar-refractivity contribution is 5.47. The fraction of sp³-hybridized carbons (Fsp3) is 0.143. The molecule has 19 heavy (non-hydrogen) atoms. The smallest absolute Gasteiger partial charge is 0.185 e. The highest BCUT2D eigenvalue weighted by atomic mass is 19.2. The van der Waals surface area contributed by atoms with Crippen molar-refractivity contribution < 1.29 is 17.6 Å². The van der Waals surface area contributed by atoms with Crippen molar-refractivity contribution >= 4 is 5.69 Å². The second-order valence-corrected chi connectivity index (χ2v) is 4.01. The van der Waals surface area contributed by atoms with Crippen molar-refractivity contribution in [2.24, 2.45) is 0 Å². The Hall–Kier alpha value is -2.04. The van der Waals surface area contributed by atoms with E-state index in [1.165, 1.54) is 0 Å². The zero-order valence-electron chi connectivity index (χ0n) is 9.89. The SMILES string of the molecule is Fc1cc(F)c(F)c(NCCc2ccccc2)c1F. The van der Waals surface area contributed by atoms with Crippen LogP contribution >= 0.6 is 0 Å². The minimum absolute atomic E-state index is 0.167. The lowest BCUT2D eigenvalue weighted by molar-refractivity contribution is 0.458. The van der Waals surface area contributed by atoms with Crippen LogP contribution in [0.4, 0.5) is 23.2 Å². The van der Waals surface area contributed by atoms with Crippen molar-refractivity contribution in [3.8, 4) is 0 Å². The molecule has 2 aromatic rings. The standard InChI is InChI=1S/C14H11F4N/c15-10-8-11(16)13(18)14(12(10)17)19-7-6-9-4-2-1-3-5-9/h1-5,8,19H,6-7H2. The Morgan fingerprint density at radius 3 is 2.00 bits per heavy atom. The Morgan fingerprint density at radius 2 is 1.42 bits per heavy atom. The van der Waals surface area contributed by atoms with Crippen LogP contribution in [0.3, 0.4) is 0 Å². The molecule has 2 rings (SSSR count). The molecule has 0 bridgehead atoms. The molecule has 100 valence electrons. The first-order valence-electron chi connectivity index (χ1n) is 5.70. The molecule has 1 N–H and O–H groups in total. The molecule has 5 heteroatoms. The van der Waals surface area contributed by atoms with Crippen LogP contribution in [0, 0.1) is 23.3 Å². The summed E-state index contributed by atoms with van der Waals surface area (Å²) in [5, 5.41) is 2.38. The minimum atomic E-state index is -1.42. The zero-order chi connectivity index (χ0) is 13.8. The maximum absolute atomic E-state index is 13.3. The molecule has 0 unspecified atom stereocenters. The van der Waals surface area contributed by atoms with Crippen LogP contribution in [-0.4, -0.2) is 6.54 Å². The summed E-state index contributed by atoms with van der Waals surface area (Å²) < 4.78 is 52.5. The summed E-state index contributed by atoms with van der Waals surface area (Å²) in [5.41, 5.74) is 0.182. The Balaban J connectivity index is 2.08. The fourth-order valence-electron chi connectivity index (χ4n) is 1.70. The molecule has 0 aliphatic rings. The molecule has 0 radical (unpaired) electrons. The van der Waals surface area contributed by atoms with Crippen LogP contribution in [-0.2, 0) is 6.42 Å². The average molecular weight is 269 g/mol. The van der Waals surface area contributed by atoms with Gasteiger partial charge in [-0.25, -0.2) is 17.6 Å². The lowest BCUT2D eigenvalue weighted by atomic mass is 10.1. The number of halogens is 4. The van der Waals surface area contributed by atoms with E-state index in [1.54, 1.807) is 0 Å². The number of nitrogens with one attached hydrogen (secondary N) is 1. The molecule has 0 aromatic heterocycles. The van der Waals surface area contributed by atoms with E-state index < -0.39 is 29.0 Å². The monoisotopic (exact) mass is 269 g/mol. The second kappa shape index (κ2) is 5.73. The van der Waals surface area contributed by atoms with Crippen molar-refractivity contribution in [2.75, 3.05) is 11.9 Å². The van der Waals surface area contributed by atoms with E-state index in [9.17, 15) is 17.6 Å². The largest absolute Gasteiger partial charge is 0.380 e. The van der Waals surface area contributed by atoms with E-state index in [0.717, 1.165) is 5.56 Å². The first-order chi connectivity index (χ1) is 9.09. The van der Waals surface area contributed by atoms with Crippen LogP contribution < -0.4 is 5.32 Å². The van der Waals surface area contributed by atoms with Crippen LogP contribution in [0.25, 0.3) is 0 Å². The summed E-state index contributed by atoms with van der Waals surface area (Å²) in [6.07, 6.45) is 0.484. The van der Waals surface area contributed by atoms with Crippen molar-refractivity contribution in [2.45, 2.75) is 6.42 Å². The van der Waals surface area contributed by atoms with Gasteiger partial charge in [0.2, 0.25) is 0 Å². The third-order valence-corrected chi connectivity index (χ3v) is 2.67. The lowest BCUT2D eigenvalue weighted by Gasteiger charge is -2.10. The van der Waals surface area contributed by atoms with Gasteiger partial charge in [0.1, 0.15) is 5.69 Å². The quantitative estimate of drug-likeness (QED) is 0.655. The van der Waals surface area contributed by atoms with Gasteiger partial charge in [-0.05, 0) is 12.0 Å². The van der Waals surface area contributed by atoms with Gasteiger partial charge in [-0.15, -0.1) is 0 Å². The predicted molar refractivity (Wildman–Crippen MR) is 64.9 cm³/mol. The van der Waals surface area contributed by atoms with Crippen molar-refractivity contribution in [3.63, 3.8) is 0 Å². The van der Waals surface area contributed by atoms with Gasteiger partial charge in [-0.1, -0.05) is 30.3 Å².